The van der Waals surface area contributed by atoms with Gasteiger partial charge >= 0.3 is 0 Å². The Morgan fingerprint density at radius 1 is 1.32 bits per heavy atom. The van der Waals surface area contributed by atoms with Crippen LogP contribution in [0.1, 0.15) is 45.8 Å². The van der Waals surface area contributed by atoms with Crippen LogP contribution in [-0.2, 0) is 13.0 Å². The van der Waals surface area contributed by atoms with E-state index in [4.69, 9.17) is 4.52 Å². The maximum Gasteiger partial charge on any atom is 0.226 e. The molecule has 1 aromatic rings. The Balaban J connectivity index is 2.44. The zero-order valence-corrected chi connectivity index (χ0v) is 13.7. The van der Waals surface area contributed by atoms with Crippen molar-refractivity contribution < 1.29 is 4.52 Å². The highest BCUT2D eigenvalue weighted by atomic mass is 32.2. The highest BCUT2D eigenvalue weighted by Gasteiger charge is 2.12. The summed E-state index contributed by atoms with van der Waals surface area (Å²) in [7, 11) is 0. The van der Waals surface area contributed by atoms with Crippen LogP contribution in [-0.4, -0.2) is 39.6 Å². The van der Waals surface area contributed by atoms with Crippen LogP contribution < -0.4 is 0 Å². The van der Waals surface area contributed by atoms with Gasteiger partial charge in [-0.25, -0.2) is 0 Å². The topological polar surface area (TPSA) is 42.2 Å². The van der Waals surface area contributed by atoms with E-state index >= 15 is 0 Å². The number of hydrogen-bond donors (Lipinski definition) is 0. The minimum atomic E-state index is 0.554. The van der Waals surface area contributed by atoms with E-state index in [0.717, 1.165) is 37.8 Å². The zero-order valence-electron chi connectivity index (χ0n) is 12.8. The lowest BCUT2D eigenvalue weighted by atomic mass is 10.1. The van der Waals surface area contributed by atoms with Gasteiger partial charge in [0, 0.05) is 11.7 Å². The van der Waals surface area contributed by atoms with Crippen molar-refractivity contribution in [2.45, 2.75) is 52.3 Å². The summed E-state index contributed by atoms with van der Waals surface area (Å²) < 4.78 is 5.28. The Bertz CT molecular complexity index is 354. The molecule has 1 atom stereocenters. The van der Waals surface area contributed by atoms with Crippen LogP contribution in [0, 0.1) is 5.92 Å². The maximum atomic E-state index is 5.28. The summed E-state index contributed by atoms with van der Waals surface area (Å²) >= 11 is 1.92. The van der Waals surface area contributed by atoms with Gasteiger partial charge in [-0.05, 0) is 31.7 Å². The summed E-state index contributed by atoms with van der Waals surface area (Å²) in [5.41, 5.74) is 0. The summed E-state index contributed by atoms with van der Waals surface area (Å²) in [5, 5.41) is 4.78. The first kappa shape index (κ1) is 16.5. The second-order valence-corrected chi connectivity index (χ2v) is 6.68. The second-order valence-electron chi connectivity index (χ2n) is 5.41. The van der Waals surface area contributed by atoms with Crippen LogP contribution in [0.15, 0.2) is 4.52 Å². The molecule has 5 heteroatoms. The molecule has 1 rings (SSSR count). The molecule has 4 nitrogen and oxygen atoms in total. The van der Waals surface area contributed by atoms with Gasteiger partial charge in [0.25, 0.3) is 0 Å². The molecule has 0 saturated carbocycles. The second kappa shape index (κ2) is 8.59. The van der Waals surface area contributed by atoms with Crippen molar-refractivity contribution in [1.29, 1.82) is 0 Å². The SMILES string of the molecule is CCN(CCC(C)SC)Cc1noc(CC(C)C)n1. The first-order valence-electron chi connectivity index (χ1n) is 7.11. The summed E-state index contributed by atoms with van der Waals surface area (Å²) in [6.45, 7) is 11.7. The number of nitrogens with zero attached hydrogens (tertiary/aromatic N) is 3. The fourth-order valence-electron chi connectivity index (χ4n) is 1.82. The van der Waals surface area contributed by atoms with Crippen molar-refractivity contribution in [3.05, 3.63) is 11.7 Å². The molecule has 0 aliphatic heterocycles. The number of rotatable bonds is 9. The van der Waals surface area contributed by atoms with E-state index < -0.39 is 0 Å². The van der Waals surface area contributed by atoms with E-state index in [1.807, 2.05) is 11.8 Å². The van der Waals surface area contributed by atoms with Gasteiger partial charge in [-0.1, -0.05) is 32.9 Å². The lowest BCUT2D eigenvalue weighted by Gasteiger charge is -2.20. The van der Waals surface area contributed by atoms with Crippen LogP contribution in [0.4, 0.5) is 0 Å². The zero-order chi connectivity index (χ0) is 14.3. The van der Waals surface area contributed by atoms with Gasteiger partial charge in [-0.15, -0.1) is 0 Å². The molecule has 0 aliphatic rings. The van der Waals surface area contributed by atoms with Gasteiger partial charge in [0.15, 0.2) is 5.82 Å². The van der Waals surface area contributed by atoms with Crippen molar-refractivity contribution in [2.75, 3.05) is 19.3 Å². The van der Waals surface area contributed by atoms with Crippen LogP contribution in [0.2, 0.25) is 0 Å². The third-order valence-corrected chi connectivity index (χ3v) is 4.20. The monoisotopic (exact) mass is 285 g/mol. The lowest BCUT2D eigenvalue weighted by molar-refractivity contribution is 0.263. The molecular formula is C14H27N3OS. The Morgan fingerprint density at radius 3 is 2.63 bits per heavy atom. The van der Waals surface area contributed by atoms with Crippen LogP contribution in [0.25, 0.3) is 0 Å². The molecule has 0 saturated heterocycles. The molecule has 0 bridgehead atoms. The molecule has 1 aromatic heterocycles. The Kier molecular flexibility index (Phi) is 7.46. The van der Waals surface area contributed by atoms with E-state index in [1.165, 1.54) is 6.42 Å². The molecule has 0 spiro atoms. The van der Waals surface area contributed by atoms with Crippen molar-refractivity contribution in [3.63, 3.8) is 0 Å². The molecule has 1 heterocycles. The molecule has 0 amide bonds. The van der Waals surface area contributed by atoms with Gasteiger partial charge in [0.2, 0.25) is 5.89 Å². The standard InChI is InChI=1S/C14H27N3OS/c1-6-17(8-7-12(4)19-5)10-13-15-14(18-16-13)9-11(2)3/h11-12H,6-10H2,1-5H3. The van der Waals surface area contributed by atoms with E-state index in [0.29, 0.717) is 11.2 Å². The first-order valence-corrected chi connectivity index (χ1v) is 8.40. The lowest BCUT2D eigenvalue weighted by Crippen LogP contribution is -2.26. The fraction of sp³-hybridized carbons (Fsp3) is 0.857. The third kappa shape index (κ3) is 6.43. The minimum absolute atomic E-state index is 0.554. The smallest absolute Gasteiger partial charge is 0.226 e. The van der Waals surface area contributed by atoms with Gasteiger partial charge < -0.3 is 4.52 Å². The molecular weight excluding hydrogens is 258 g/mol. The van der Waals surface area contributed by atoms with Gasteiger partial charge in [0.05, 0.1) is 6.54 Å². The quantitative estimate of drug-likeness (QED) is 0.697. The van der Waals surface area contributed by atoms with E-state index in [9.17, 15) is 0 Å². The van der Waals surface area contributed by atoms with E-state index in [1.54, 1.807) is 0 Å². The normalized spacial score (nSPS) is 13.4. The molecule has 0 aliphatic carbocycles. The predicted octanol–water partition coefficient (Wildman–Crippen LogP) is 3.23. The van der Waals surface area contributed by atoms with Gasteiger partial charge in [-0.2, -0.15) is 16.7 Å². The number of hydrogen-bond acceptors (Lipinski definition) is 5. The minimum Gasteiger partial charge on any atom is -0.339 e. The summed E-state index contributed by atoms with van der Waals surface area (Å²) in [4.78, 5) is 6.83. The molecule has 19 heavy (non-hydrogen) atoms. The van der Waals surface area contributed by atoms with Crippen molar-refractivity contribution in [3.8, 4) is 0 Å². The first-order chi connectivity index (χ1) is 9.05. The number of thioether (sulfide) groups is 1. The maximum absolute atomic E-state index is 5.28. The highest BCUT2D eigenvalue weighted by molar-refractivity contribution is 7.99. The Labute approximate surface area is 121 Å². The molecule has 0 N–H and O–H groups in total. The molecule has 0 aromatic carbocycles. The fourth-order valence-corrected chi connectivity index (χ4v) is 2.16. The Morgan fingerprint density at radius 2 is 2.05 bits per heavy atom. The van der Waals surface area contributed by atoms with Crippen LogP contribution in [0.3, 0.4) is 0 Å². The summed E-state index contributed by atoms with van der Waals surface area (Å²) in [6.07, 6.45) is 4.23. The Hall–Kier alpha value is -0.550. The van der Waals surface area contributed by atoms with Crippen LogP contribution >= 0.6 is 11.8 Å². The molecule has 0 radical (unpaired) electrons. The molecule has 1 unspecified atom stereocenters. The average molecular weight is 285 g/mol. The van der Waals surface area contributed by atoms with Crippen molar-refractivity contribution >= 4 is 11.8 Å². The third-order valence-electron chi connectivity index (χ3n) is 3.16. The van der Waals surface area contributed by atoms with Crippen molar-refractivity contribution in [1.82, 2.24) is 15.0 Å². The van der Waals surface area contributed by atoms with Crippen molar-refractivity contribution in [2.24, 2.45) is 5.92 Å². The molecule has 110 valence electrons. The van der Waals surface area contributed by atoms with E-state index in [-0.39, 0.29) is 0 Å². The largest absolute Gasteiger partial charge is 0.339 e. The highest BCUT2D eigenvalue weighted by Crippen LogP contribution is 2.12. The molecule has 0 fully saturated rings. The van der Waals surface area contributed by atoms with E-state index in [2.05, 4.69) is 49.0 Å². The average Bonchev–Trinajstić information content (AvgIpc) is 2.80. The number of aromatic nitrogens is 2. The summed E-state index contributed by atoms with van der Waals surface area (Å²) in [6, 6.07) is 0. The van der Waals surface area contributed by atoms with Crippen LogP contribution in [0.5, 0.6) is 0 Å². The summed E-state index contributed by atoms with van der Waals surface area (Å²) in [5.74, 6) is 2.13. The van der Waals surface area contributed by atoms with Gasteiger partial charge in [0.1, 0.15) is 0 Å². The predicted molar refractivity (Wildman–Crippen MR) is 81.4 cm³/mol. The van der Waals surface area contributed by atoms with Gasteiger partial charge in [-0.3, -0.25) is 4.90 Å².